The van der Waals surface area contributed by atoms with Gasteiger partial charge in [-0.15, -0.1) is 0 Å². The number of benzene rings is 1. The summed E-state index contributed by atoms with van der Waals surface area (Å²) in [5.74, 6) is 0. The van der Waals surface area contributed by atoms with Gasteiger partial charge in [-0.2, -0.15) is 0 Å². The van der Waals surface area contributed by atoms with Crippen LogP contribution in [0.4, 0.5) is 8.78 Å². The van der Waals surface area contributed by atoms with Gasteiger partial charge in [0.15, 0.2) is 0 Å². The maximum absolute atomic E-state index is 12.9. The Balaban J connectivity index is 1.41. The fourth-order valence-corrected chi connectivity index (χ4v) is 3.62. The van der Waals surface area contributed by atoms with E-state index in [1.165, 1.54) is 5.56 Å². The number of hydrogen-bond donors (Lipinski definition) is 1. The lowest BCUT2D eigenvalue weighted by Gasteiger charge is -2.33. The van der Waals surface area contributed by atoms with E-state index in [0.717, 1.165) is 36.9 Å². The zero-order valence-electron chi connectivity index (χ0n) is 12.7. The van der Waals surface area contributed by atoms with Crippen LogP contribution < -0.4 is 5.32 Å². The molecule has 2 aliphatic rings. The molecular formula is C17H23BrF2N2. The van der Waals surface area contributed by atoms with E-state index in [4.69, 9.17) is 0 Å². The SMILES string of the molecule is FC(F)C1(CNC2CCN(Cc3cccc(Br)c3)CC2)CC1. The Bertz CT molecular complexity index is 497. The summed E-state index contributed by atoms with van der Waals surface area (Å²) in [6, 6.07) is 8.80. The molecule has 0 atom stereocenters. The van der Waals surface area contributed by atoms with Crippen LogP contribution in [0, 0.1) is 5.41 Å². The molecule has 5 heteroatoms. The monoisotopic (exact) mass is 372 g/mol. The molecule has 2 nitrogen and oxygen atoms in total. The molecule has 0 spiro atoms. The second-order valence-corrected chi connectivity index (χ2v) is 7.64. The number of halogens is 3. The number of rotatable bonds is 6. The number of piperidine rings is 1. The van der Waals surface area contributed by atoms with Crippen LogP contribution in [0.2, 0.25) is 0 Å². The Kier molecular flexibility index (Phi) is 5.15. The fraction of sp³-hybridized carbons (Fsp3) is 0.647. The van der Waals surface area contributed by atoms with E-state index in [-0.39, 0.29) is 0 Å². The average molecular weight is 373 g/mol. The van der Waals surface area contributed by atoms with Gasteiger partial charge in [0.25, 0.3) is 0 Å². The summed E-state index contributed by atoms with van der Waals surface area (Å²) in [6.45, 7) is 3.52. The first-order valence-corrected chi connectivity index (χ1v) is 8.85. The predicted octanol–water partition coefficient (Wildman–Crippen LogP) is 4.05. The molecule has 1 aromatic rings. The summed E-state index contributed by atoms with van der Waals surface area (Å²) >= 11 is 3.50. The van der Waals surface area contributed by atoms with Crippen molar-refractivity contribution in [2.24, 2.45) is 5.41 Å². The average Bonchev–Trinajstić information content (AvgIpc) is 3.28. The highest BCUT2D eigenvalue weighted by Crippen LogP contribution is 2.50. The van der Waals surface area contributed by atoms with Gasteiger partial charge in [0.05, 0.1) is 0 Å². The number of nitrogens with zero attached hydrogens (tertiary/aromatic N) is 1. The largest absolute Gasteiger partial charge is 0.313 e. The first-order valence-electron chi connectivity index (χ1n) is 8.06. The van der Waals surface area contributed by atoms with Gasteiger partial charge in [-0.05, 0) is 56.5 Å². The summed E-state index contributed by atoms with van der Waals surface area (Å²) in [5.41, 5.74) is 0.614. The second kappa shape index (κ2) is 6.93. The van der Waals surface area contributed by atoms with Crippen LogP contribution in [0.25, 0.3) is 0 Å². The molecule has 1 N–H and O–H groups in total. The smallest absolute Gasteiger partial charge is 0.245 e. The number of likely N-dealkylation sites (tertiary alicyclic amines) is 1. The molecule has 1 saturated carbocycles. The topological polar surface area (TPSA) is 15.3 Å². The third kappa shape index (κ3) is 4.06. The van der Waals surface area contributed by atoms with Crippen LogP contribution in [-0.4, -0.2) is 37.0 Å². The third-order valence-electron chi connectivity index (χ3n) is 4.98. The van der Waals surface area contributed by atoms with Crippen molar-refractivity contribution >= 4 is 15.9 Å². The van der Waals surface area contributed by atoms with Crippen molar-refractivity contribution in [3.05, 3.63) is 34.3 Å². The second-order valence-electron chi connectivity index (χ2n) is 6.72. The molecule has 3 rings (SSSR count). The van der Waals surface area contributed by atoms with E-state index in [9.17, 15) is 8.78 Å². The lowest BCUT2D eigenvalue weighted by Crippen LogP contribution is -2.44. The molecule has 0 amide bonds. The van der Waals surface area contributed by atoms with Crippen molar-refractivity contribution in [3.63, 3.8) is 0 Å². The molecule has 1 saturated heterocycles. The maximum atomic E-state index is 12.9. The van der Waals surface area contributed by atoms with Crippen LogP contribution in [-0.2, 0) is 6.54 Å². The molecule has 0 aromatic heterocycles. The summed E-state index contributed by atoms with van der Waals surface area (Å²) in [7, 11) is 0. The van der Waals surface area contributed by atoms with Gasteiger partial charge in [-0.3, -0.25) is 4.90 Å². The maximum Gasteiger partial charge on any atom is 0.245 e. The van der Waals surface area contributed by atoms with Crippen molar-refractivity contribution in [2.45, 2.75) is 44.7 Å². The van der Waals surface area contributed by atoms with Crippen molar-refractivity contribution in [1.82, 2.24) is 10.2 Å². The number of hydrogen-bond acceptors (Lipinski definition) is 2. The van der Waals surface area contributed by atoms with Crippen molar-refractivity contribution in [3.8, 4) is 0 Å². The summed E-state index contributed by atoms with van der Waals surface area (Å²) in [4.78, 5) is 2.44. The zero-order valence-corrected chi connectivity index (χ0v) is 14.3. The Hall–Kier alpha value is -0.520. The Morgan fingerprint density at radius 2 is 2.00 bits per heavy atom. The van der Waals surface area contributed by atoms with Crippen LogP contribution in [0.3, 0.4) is 0 Å². The molecular weight excluding hydrogens is 350 g/mol. The first-order chi connectivity index (χ1) is 10.6. The van der Waals surface area contributed by atoms with Crippen LogP contribution >= 0.6 is 15.9 Å². The standard InChI is InChI=1S/C17H23BrF2N2/c18-14-3-1-2-13(10-14)11-22-8-4-15(5-9-22)21-12-17(6-7-17)16(19)20/h1-3,10,15-16,21H,4-9,11-12H2. The molecule has 0 unspecified atom stereocenters. The normalized spacial score (nSPS) is 22.2. The number of alkyl halides is 2. The van der Waals surface area contributed by atoms with Crippen LogP contribution in [0.5, 0.6) is 0 Å². The minimum absolute atomic E-state index is 0.398. The van der Waals surface area contributed by atoms with Crippen molar-refractivity contribution in [1.29, 1.82) is 0 Å². The van der Waals surface area contributed by atoms with E-state index in [0.29, 0.717) is 25.4 Å². The molecule has 0 bridgehead atoms. The van der Waals surface area contributed by atoms with Gasteiger partial charge >= 0.3 is 0 Å². The lowest BCUT2D eigenvalue weighted by molar-refractivity contribution is 0.0574. The first kappa shape index (κ1) is 16.3. The van der Waals surface area contributed by atoms with Crippen molar-refractivity contribution < 1.29 is 8.78 Å². The van der Waals surface area contributed by atoms with Gasteiger partial charge in [-0.25, -0.2) is 8.78 Å². The molecule has 2 fully saturated rings. The Morgan fingerprint density at radius 3 is 2.59 bits per heavy atom. The molecule has 1 aromatic carbocycles. The lowest BCUT2D eigenvalue weighted by atomic mass is 10.0. The number of nitrogens with one attached hydrogen (secondary N) is 1. The van der Waals surface area contributed by atoms with Crippen molar-refractivity contribution in [2.75, 3.05) is 19.6 Å². The quantitative estimate of drug-likeness (QED) is 0.810. The zero-order chi connectivity index (χ0) is 15.6. The molecule has 0 radical (unpaired) electrons. The summed E-state index contributed by atoms with van der Waals surface area (Å²) in [5, 5.41) is 3.39. The summed E-state index contributed by atoms with van der Waals surface area (Å²) in [6.07, 6.45) is 1.29. The highest BCUT2D eigenvalue weighted by molar-refractivity contribution is 9.10. The Morgan fingerprint density at radius 1 is 1.27 bits per heavy atom. The minimum atomic E-state index is -2.17. The van der Waals surface area contributed by atoms with Gasteiger partial charge in [0, 0.05) is 29.0 Å². The van der Waals surface area contributed by atoms with Crippen LogP contribution in [0.1, 0.15) is 31.2 Å². The van der Waals surface area contributed by atoms with E-state index < -0.39 is 11.8 Å². The molecule has 1 heterocycles. The van der Waals surface area contributed by atoms with E-state index >= 15 is 0 Å². The highest BCUT2D eigenvalue weighted by Gasteiger charge is 2.50. The highest BCUT2D eigenvalue weighted by atomic mass is 79.9. The van der Waals surface area contributed by atoms with Gasteiger partial charge in [0.2, 0.25) is 6.43 Å². The minimum Gasteiger partial charge on any atom is -0.313 e. The van der Waals surface area contributed by atoms with Crippen LogP contribution in [0.15, 0.2) is 28.7 Å². The van der Waals surface area contributed by atoms with E-state index in [1.807, 2.05) is 6.07 Å². The van der Waals surface area contributed by atoms with Gasteiger partial charge in [-0.1, -0.05) is 28.1 Å². The Labute approximate surface area is 139 Å². The molecule has 1 aliphatic heterocycles. The van der Waals surface area contributed by atoms with Gasteiger partial charge in [0.1, 0.15) is 0 Å². The fourth-order valence-electron chi connectivity index (χ4n) is 3.17. The summed E-state index contributed by atoms with van der Waals surface area (Å²) < 4.78 is 26.9. The molecule has 22 heavy (non-hydrogen) atoms. The third-order valence-corrected chi connectivity index (χ3v) is 5.47. The van der Waals surface area contributed by atoms with Gasteiger partial charge < -0.3 is 5.32 Å². The van der Waals surface area contributed by atoms with E-state index in [2.05, 4.69) is 44.3 Å². The molecule has 1 aliphatic carbocycles. The van der Waals surface area contributed by atoms with E-state index in [1.54, 1.807) is 0 Å². The predicted molar refractivity (Wildman–Crippen MR) is 88.1 cm³/mol. The molecule has 122 valence electrons.